The molecule has 0 bridgehead atoms. The van der Waals surface area contributed by atoms with E-state index in [1.54, 1.807) is 23.2 Å². The molecule has 0 aliphatic carbocycles. The highest BCUT2D eigenvalue weighted by molar-refractivity contribution is 5.98. The minimum Gasteiger partial charge on any atom is -0.356 e. The van der Waals surface area contributed by atoms with Crippen LogP contribution in [0.4, 0.5) is 4.39 Å². The van der Waals surface area contributed by atoms with Crippen LogP contribution in [0.3, 0.4) is 0 Å². The fraction of sp³-hybridized carbons (Fsp3) is 0.375. The molecule has 0 fully saturated rings. The lowest BCUT2D eigenvalue weighted by Gasteiger charge is -2.18. The number of halogens is 1. The molecule has 0 aliphatic heterocycles. The number of fused-ring (bicyclic) bond motifs is 1. The molecule has 0 atom stereocenters. The number of rotatable bonds is 8. The van der Waals surface area contributed by atoms with Crippen molar-refractivity contribution in [3.05, 3.63) is 64.7 Å². The summed E-state index contributed by atoms with van der Waals surface area (Å²) in [6.07, 6.45) is 2.84. The van der Waals surface area contributed by atoms with E-state index in [1.165, 1.54) is 19.1 Å². The van der Waals surface area contributed by atoms with E-state index in [1.807, 2.05) is 31.5 Å². The third-order valence-corrected chi connectivity index (χ3v) is 5.59. The van der Waals surface area contributed by atoms with Crippen LogP contribution in [0.5, 0.6) is 0 Å². The summed E-state index contributed by atoms with van der Waals surface area (Å²) in [5.74, 6) is -0.403. The number of aromatic nitrogens is 2. The van der Waals surface area contributed by atoms with Gasteiger partial charge in [-0.3, -0.25) is 9.59 Å². The van der Waals surface area contributed by atoms with Crippen LogP contribution in [-0.4, -0.2) is 45.9 Å². The Bertz CT molecular complexity index is 1090. The van der Waals surface area contributed by atoms with Crippen LogP contribution in [0.15, 0.2) is 36.5 Å². The molecule has 0 saturated carbocycles. The molecule has 2 amide bonds. The number of nitrogens with one attached hydrogen (secondary N) is 1. The molecule has 164 valence electrons. The second-order valence-corrected chi connectivity index (χ2v) is 7.59. The first kappa shape index (κ1) is 22.5. The Morgan fingerprint density at radius 1 is 1.16 bits per heavy atom. The molecule has 0 spiro atoms. The van der Waals surface area contributed by atoms with E-state index >= 15 is 0 Å². The van der Waals surface area contributed by atoms with E-state index in [-0.39, 0.29) is 17.6 Å². The molecule has 3 aromatic rings. The highest BCUT2D eigenvalue weighted by atomic mass is 19.1. The van der Waals surface area contributed by atoms with E-state index in [9.17, 15) is 14.0 Å². The SMILES string of the molecule is CCN(CC)C(=O)c1cnc2c(c1)c(CCNC(C)=O)c(Cc1ccc(F)cc1)n2C. The Morgan fingerprint density at radius 2 is 1.84 bits per heavy atom. The Balaban J connectivity index is 2.07. The molecule has 6 nitrogen and oxygen atoms in total. The lowest BCUT2D eigenvalue weighted by Crippen LogP contribution is -2.30. The number of amides is 2. The maximum absolute atomic E-state index is 13.3. The maximum atomic E-state index is 13.3. The van der Waals surface area contributed by atoms with E-state index in [0.29, 0.717) is 38.0 Å². The first-order valence-corrected chi connectivity index (χ1v) is 10.6. The molecule has 1 aromatic carbocycles. The number of benzene rings is 1. The standard InChI is InChI=1S/C24H29FN4O2/c1-5-29(6-2)24(31)18-14-21-20(11-12-26-16(3)30)22(28(4)23(21)27-15-18)13-17-7-9-19(25)10-8-17/h7-10,14-15H,5-6,11-13H2,1-4H3,(H,26,30). The van der Waals surface area contributed by atoms with Gasteiger partial charge >= 0.3 is 0 Å². The van der Waals surface area contributed by atoms with Crippen molar-refractivity contribution in [2.75, 3.05) is 19.6 Å². The molecule has 7 heteroatoms. The lowest BCUT2D eigenvalue weighted by atomic mass is 10.0. The van der Waals surface area contributed by atoms with Crippen LogP contribution in [0.2, 0.25) is 0 Å². The van der Waals surface area contributed by atoms with Crippen molar-refractivity contribution in [3.8, 4) is 0 Å². The molecule has 0 unspecified atom stereocenters. The molecule has 0 radical (unpaired) electrons. The molecule has 1 N–H and O–H groups in total. The van der Waals surface area contributed by atoms with Crippen molar-refractivity contribution < 1.29 is 14.0 Å². The van der Waals surface area contributed by atoms with Gasteiger partial charge in [0.25, 0.3) is 5.91 Å². The number of pyridine rings is 1. The summed E-state index contributed by atoms with van der Waals surface area (Å²) in [5, 5.41) is 3.75. The smallest absolute Gasteiger partial charge is 0.255 e. The minimum absolute atomic E-state index is 0.0452. The number of nitrogens with zero attached hydrogens (tertiary/aromatic N) is 3. The van der Waals surface area contributed by atoms with Gasteiger partial charge in [-0.25, -0.2) is 9.37 Å². The Labute approximate surface area is 182 Å². The summed E-state index contributed by atoms with van der Waals surface area (Å²) in [4.78, 5) is 30.6. The molecular formula is C24H29FN4O2. The highest BCUT2D eigenvalue weighted by Crippen LogP contribution is 2.28. The van der Waals surface area contributed by atoms with Crippen molar-refractivity contribution in [1.82, 2.24) is 19.8 Å². The number of carbonyl (C=O) groups excluding carboxylic acids is 2. The highest BCUT2D eigenvalue weighted by Gasteiger charge is 2.20. The Kier molecular flexibility index (Phi) is 7.05. The van der Waals surface area contributed by atoms with Gasteiger partial charge in [0.05, 0.1) is 5.56 Å². The number of aryl methyl sites for hydroxylation is 1. The van der Waals surface area contributed by atoms with Gasteiger partial charge in [0.2, 0.25) is 5.91 Å². The molecule has 3 rings (SSSR count). The number of carbonyl (C=O) groups is 2. The van der Waals surface area contributed by atoms with Crippen molar-refractivity contribution in [3.63, 3.8) is 0 Å². The van der Waals surface area contributed by atoms with Gasteiger partial charge < -0.3 is 14.8 Å². The van der Waals surface area contributed by atoms with E-state index in [4.69, 9.17) is 0 Å². The summed E-state index contributed by atoms with van der Waals surface area (Å²) in [7, 11) is 1.95. The second-order valence-electron chi connectivity index (χ2n) is 7.59. The zero-order valence-corrected chi connectivity index (χ0v) is 18.5. The summed E-state index contributed by atoms with van der Waals surface area (Å²) in [5.41, 5.74) is 4.39. The first-order chi connectivity index (χ1) is 14.8. The second kappa shape index (κ2) is 9.73. The van der Waals surface area contributed by atoms with Crippen molar-refractivity contribution in [1.29, 1.82) is 0 Å². The van der Waals surface area contributed by atoms with Gasteiger partial charge in [-0.05, 0) is 49.6 Å². The van der Waals surface area contributed by atoms with Gasteiger partial charge in [-0.15, -0.1) is 0 Å². The quantitative estimate of drug-likeness (QED) is 0.602. The molecule has 0 aliphatic rings. The first-order valence-electron chi connectivity index (χ1n) is 10.6. The zero-order valence-electron chi connectivity index (χ0n) is 18.5. The zero-order chi connectivity index (χ0) is 22.5. The number of hydrogen-bond acceptors (Lipinski definition) is 3. The van der Waals surface area contributed by atoms with Crippen molar-refractivity contribution >= 4 is 22.8 Å². The summed E-state index contributed by atoms with van der Waals surface area (Å²) >= 11 is 0. The van der Waals surface area contributed by atoms with Crippen LogP contribution in [-0.2, 0) is 24.7 Å². The van der Waals surface area contributed by atoms with E-state index in [2.05, 4.69) is 10.3 Å². The average Bonchev–Trinajstić information content (AvgIpc) is 3.01. The summed E-state index contributed by atoms with van der Waals surface area (Å²) in [6.45, 7) is 7.15. The van der Waals surface area contributed by atoms with Gasteiger partial charge in [-0.1, -0.05) is 12.1 Å². The van der Waals surface area contributed by atoms with Gasteiger partial charge in [-0.2, -0.15) is 0 Å². The van der Waals surface area contributed by atoms with Crippen molar-refractivity contribution in [2.45, 2.75) is 33.6 Å². The topological polar surface area (TPSA) is 67.2 Å². The lowest BCUT2D eigenvalue weighted by molar-refractivity contribution is -0.118. The Hall–Kier alpha value is -3.22. The third-order valence-electron chi connectivity index (χ3n) is 5.59. The van der Waals surface area contributed by atoms with Gasteiger partial charge in [0.1, 0.15) is 11.5 Å². The van der Waals surface area contributed by atoms with Gasteiger partial charge in [0, 0.05) is 57.3 Å². The predicted octanol–water partition coefficient (Wildman–Crippen LogP) is 3.46. The molecule has 2 heterocycles. The van der Waals surface area contributed by atoms with Crippen LogP contribution in [0.1, 0.15) is 48.0 Å². The van der Waals surface area contributed by atoms with E-state index < -0.39 is 0 Å². The number of hydrogen-bond donors (Lipinski definition) is 1. The monoisotopic (exact) mass is 424 g/mol. The molecule has 2 aromatic heterocycles. The molecule has 0 saturated heterocycles. The van der Waals surface area contributed by atoms with Crippen LogP contribution >= 0.6 is 0 Å². The van der Waals surface area contributed by atoms with E-state index in [0.717, 1.165) is 27.9 Å². The summed E-state index contributed by atoms with van der Waals surface area (Å²) in [6, 6.07) is 8.35. The summed E-state index contributed by atoms with van der Waals surface area (Å²) < 4.78 is 15.4. The third kappa shape index (κ3) is 4.93. The predicted molar refractivity (Wildman–Crippen MR) is 120 cm³/mol. The fourth-order valence-corrected chi connectivity index (χ4v) is 3.91. The average molecular weight is 425 g/mol. The molecule has 31 heavy (non-hydrogen) atoms. The van der Waals surface area contributed by atoms with Gasteiger partial charge in [0.15, 0.2) is 0 Å². The van der Waals surface area contributed by atoms with Crippen LogP contribution in [0.25, 0.3) is 11.0 Å². The maximum Gasteiger partial charge on any atom is 0.255 e. The minimum atomic E-state index is -0.270. The van der Waals surface area contributed by atoms with Crippen LogP contribution < -0.4 is 5.32 Å². The largest absolute Gasteiger partial charge is 0.356 e. The van der Waals surface area contributed by atoms with Crippen molar-refractivity contribution in [2.24, 2.45) is 7.05 Å². The van der Waals surface area contributed by atoms with Crippen LogP contribution in [0, 0.1) is 5.82 Å². The fourth-order valence-electron chi connectivity index (χ4n) is 3.91. The normalized spacial score (nSPS) is 11.0. The Morgan fingerprint density at radius 3 is 2.45 bits per heavy atom. The molecular weight excluding hydrogens is 395 g/mol.